The van der Waals surface area contributed by atoms with Gasteiger partial charge in [-0.05, 0) is 13.0 Å². The maximum Gasteiger partial charge on any atom is 0.0233 e. The topological polar surface area (TPSA) is 27.3 Å². The first-order valence-corrected chi connectivity index (χ1v) is 4.62. The van der Waals surface area contributed by atoms with Gasteiger partial charge in [-0.25, -0.2) is 0 Å². The lowest BCUT2D eigenvalue weighted by molar-refractivity contribution is 0.184. The second-order valence-corrected chi connectivity index (χ2v) is 3.43. The number of nitrogens with zero attached hydrogens (tertiary/aromatic N) is 1. The van der Waals surface area contributed by atoms with Crippen molar-refractivity contribution in [1.82, 2.24) is 15.5 Å². The third-order valence-electron chi connectivity index (χ3n) is 2.70. The van der Waals surface area contributed by atoms with Gasteiger partial charge in [-0.1, -0.05) is 0 Å². The fourth-order valence-electron chi connectivity index (χ4n) is 2.00. The van der Waals surface area contributed by atoms with Crippen LogP contribution in [0.4, 0.5) is 0 Å². The van der Waals surface area contributed by atoms with Crippen molar-refractivity contribution in [1.29, 1.82) is 0 Å². The molecule has 64 valence electrons. The molecule has 0 aromatic heterocycles. The molecule has 0 spiro atoms. The van der Waals surface area contributed by atoms with Crippen LogP contribution in [0.2, 0.25) is 0 Å². The van der Waals surface area contributed by atoms with Crippen LogP contribution in [0.15, 0.2) is 0 Å². The van der Waals surface area contributed by atoms with Gasteiger partial charge in [-0.3, -0.25) is 4.90 Å². The van der Waals surface area contributed by atoms with Crippen LogP contribution in [0, 0.1) is 0 Å². The summed E-state index contributed by atoms with van der Waals surface area (Å²) in [5.74, 6) is 0. The SMILES string of the molecule is C1CN([C@H]2CCNC2)CCN1. The first kappa shape index (κ1) is 7.53. The highest BCUT2D eigenvalue weighted by molar-refractivity contribution is 4.82. The summed E-state index contributed by atoms with van der Waals surface area (Å²) in [6.45, 7) is 7.26. The molecule has 0 bridgehead atoms. The molecule has 0 aliphatic carbocycles. The summed E-state index contributed by atoms with van der Waals surface area (Å²) in [6, 6.07) is 0.831. The lowest BCUT2D eigenvalue weighted by Crippen LogP contribution is -2.49. The molecule has 0 aromatic rings. The van der Waals surface area contributed by atoms with Crippen molar-refractivity contribution >= 4 is 0 Å². The van der Waals surface area contributed by atoms with Crippen molar-refractivity contribution in [3.05, 3.63) is 0 Å². The molecule has 2 aliphatic heterocycles. The Morgan fingerprint density at radius 2 is 1.82 bits per heavy atom. The Morgan fingerprint density at radius 3 is 2.45 bits per heavy atom. The van der Waals surface area contributed by atoms with E-state index in [0.717, 1.165) is 6.04 Å². The highest BCUT2D eigenvalue weighted by Gasteiger charge is 2.22. The average molecular weight is 155 g/mol. The standard InChI is InChI=1S/C8H17N3/c1-2-10-7-8(1)11-5-3-9-4-6-11/h8-10H,1-7H2/t8-/m0/s1. The summed E-state index contributed by atoms with van der Waals surface area (Å²) in [5.41, 5.74) is 0. The van der Waals surface area contributed by atoms with Gasteiger partial charge in [0.05, 0.1) is 0 Å². The van der Waals surface area contributed by atoms with E-state index in [2.05, 4.69) is 15.5 Å². The Balaban J connectivity index is 1.82. The monoisotopic (exact) mass is 155 g/mol. The van der Waals surface area contributed by atoms with Gasteiger partial charge in [-0.15, -0.1) is 0 Å². The Hall–Kier alpha value is -0.120. The van der Waals surface area contributed by atoms with Crippen molar-refractivity contribution in [2.75, 3.05) is 39.3 Å². The molecule has 3 nitrogen and oxygen atoms in total. The summed E-state index contributed by atoms with van der Waals surface area (Å²) >= 11 is 0. The molecule has 0 radical (unpaired) electrons. The minimum atomic E-state index is 0.831. The van der Waals surface area contributed by atoms with Crippen molar-refractivity contribution < 1.29 is 0 Å². The molecule has 2 rings (SSSR count). The Labute approximate surface area is 68.1 Å². The summed E-state index contributed by atoms with van der Waals surface area (Å²) < 4.78 is 0. The molecule has 2 saturated heterocycles. The maximum atomic E-state index is 3.41. The van der Waals surface area contributed by atoms with E-state index < -0.39 is 0 Å². The molecule has 0 saturated carbocycles. The minimum Gasteiger partial charge on any atom is -0.315 e. The zero-order valence-corrected chi connectivity index (χ0v) is 6.97. The molecular weight excluding hydrogens is 138 g/mol. The third-order valence-corrected chi connectivity index (χ3v) is 2.70. The summed E-state index contributed by atoms with van der Waals surface area (Å²) in [6.07, 6.45) is 1.35. The van der Waals surface area contributed by atoms with E-state index in [-0.39, 0.29) is 0 Å². The largest absolute Gasteiger partial charge is 0.315 e. The fraction of sp³-hybridized carbons (Fsp3) is 1.00. The quantitative estimate of drug-likeness (QED) is 0.522. The van der Waals surface area contributed by atoms with Crippen LogP contribution in [0.5, 0.6) is 0 Å². The van der Waals surface area contributed by atoms with Crippen molar-refractivity contribution in [2.45, 2.75) is 12.5 Å². The van der Waals surface area contributed by atoms with Crippen LogP contribution in [0.3, 0.4) is 0 Å². The molecule has 2 heterocycles. The number of hydrogen-bond donors (Lipinski definition) is 2. The van der Waals surface area contributed by atoms with Crippen molar-refractivity contribution in [2.24, 2.45) is 0 Å². The number of nitrogens with one attached hydrogen (secondary N) is 2. The zero-order chi connectivity index (χ0) is 7.52. The molecule has 11 heavy (non-hydrogen) atoms. The first-order valence-electron chi connectivity index (χ1n) is 4.62. The molecule has 2 N–H and O–H groups in total. The Morgan fingerprint density at radius 1 is 1.00 bits per heavy atom. The molecule has 1 atom stereocenters. The summed E-state index contributed by atoms with van der Waals surface area (Å²) in [4.78, 5) is 2.61. The van der Waals surface area contributed by atoms with Crippen LogP contribution in [-0.2, 0) is 0 Å². The molecule has 0 aromatic carbocycles. The molecular formula is C8H17N3. The summed E-state index contributed by atoms with van der Waals surface area (Å²) in [5, 5.41) is 6.78. The molecule has 3 heteroatoms. The van der Waals surface area contributed by atoms with E-state index in [9.17, 15) is 0 Å². The van der Waals surface area contributed by atoms with Crippen LogP contribution in [-0.4, -0.2) is 50.2 Å². The third kappa shape index (κ3) is 1.72. The van der Waals surface area contributed by atoms with E-state index in [0.29, 0.717) is 0 Å². The van der Waals surface area contributed by atoms with Gasteiger partial charge in [-0.2, -0.15) is 0 Å². The molecule has 0 unspecified atom stereocenters. The number of hydrogen-bond acceptors (Lipinski definition) is 3. The smallest absolute Gasteiger partial charge is 0.0233 e. The van der Waals surface area contributed by atoms with E-state index in [4.69, 9.17) is 0 Å². The normalized spacial score (nSPS) is 34.4. The lowest BCUT2D eigenvalue weighted by atomic mass is 10.2. The van der Waals surface area contributed by atoms with Gasteiger partial charge in [0.2, 0.25) is 0 Å². The second-order valence-electron chi connectivity index (χ2n) is 3.43. The van der Waals surface area contributed by atoms with Gasteiger partial charge >= 0.3 is 0 Å². The molecule has 0 amide bonds. The van der Waals surface area contributed by atoms with Crippen LogP contribution in [0.25, 0.3) is 0 Å². The van der Waals surface area contributed by atoms with Crippen LogP contribution in [0.1, 0.15) is 6.42 Å². The predicted molar refractivity (Wildman–Crippen MR) is 45.7 cm³/mol. The maximum absolute atomic E-state index is 3.41. The van der Waals surface area contributed by atoms with E-state index >= 15 is 0 Å². The minimum absolute atomic E-state index is 0.831. The van der Waals surface area contributed by atoms with Gasteiger partial charge in [0.1, 0.15) is 0 Å². The zero-order valence-electron chi connectivity index (χ0n) is 6.97. The van der Waals surface area contributed by atoms with Gasteiger partial charge < -0.3 is 10.6 Å². The fourth-order valence-corrected chi connectivity index (χ4v) is 2.00. The summed E-state index contributed by atoms with van der Waals surface area (Å²) in [7, 11) is 0. The van der Waals surface area contributed by atoms with Gasteiger partial charge in [0.25, 0.3) is 0 Å². The first-order chi connectivity index (χ1) is 5.47. The van der Waals surface area contributed by atoms with Crippen LogP contribution >= 0.6 is 0 Å². The van der Waals surface area contributed by atoms with Crippen molar-refractivity contribution in [3.8, 4) is 0 Å². The van der Waals surface area contributed by atoms with Crippen molar-refractivity contribution in [3.63, 3.8) is 0 Å². The lowest BCUT2D eigenvalue weighted by Gasteiger charge is -2.32. The highest BCUT2D eigenvalue weighted by Crippen LogP contribution is 2.08. The van der Waals surface area contributed by atoms with E-state index in [1.807, 2.05) is 0 Å². The van der Waals surface area contributed by atoms with E-state index in [1.165, 1.54) is 45.7 Å². The molecule has 2 aliphatic rings. The number of rotatable bonds is 1. The van der Waals surface area contributed by atoms with Crippen LogP contribution < -0.4 is 10.6 Å². The average Bonchev–Trinajstić information content (AvgIpc) is 2.58. The van der Waals surface area contributed by atoms with Gasteiger partial charge in [0, 0.05) is 38.8 Å². The second kappa shape index (κ2) is 3.52. The highest BCUT2D eigenvalue weighted by atomic mass is 15.2. The predicted octanol–water partition coefficient (Wildman–Crippen LogP) is -0.746. The number of piperazine rings is 1. The van der Waals surface area contributed by atoms with Gasteiger partial charge in [0.15, 0.2) is 0 Å². The Kier molecular flexibility index (Phi) is 2.41. The Bertz CT molecular complexity index is 115. The van der Waals surface area contributed by atoms with E-state index in [1.54, 1.807) is 0 Å². The molecule has 2 fully saturated rings.